The Bertz CT molecular complexity index is 1170. The molecule has 0 saturated heterocycles. The van der Waals surface area contributed by atoms with Crippen LogP contribution in [0.1, 0.15) is 0 Å². The first-order valence-corrected chi connectivity index (χ1v) is 9.68. The highest BCUT2D eigenvalue weighted by Gasteiger charge is 2.20. The van der Waals surface area contributed by atoms with E-state index >= 15 is 0 Å². The van der Waals surface area contributed by atoms with Crippen molar-refractivity contribution in [1.82, 2.24) is 9.38 Å². The van der Waals surface area contributed by atoms with Crippen LogP contribution in [-0.2, 0) is 0 Å². The smallest absolute Gasteiger partial charge is 0.195 e. The molecule has 3 heterocycles. The SMILES string of the molecule is COc1ccc2c(c1)sc1nc(-c3ccccc3)c(-c3ccsc3)n12. The minimum absolute atomic E-state index is 0.873. The molecule has 25 heavy (non-hydrogen) atoms. The molecule has 0 aliphatic carbocycles. The van der Waals surface area contributed by atoms with E-state index in [2.05, 4.69) is 57.6 Å². The van der Waals surface area contributed by atoms with E-state index in [4.69, 9.17) is 9.72 Å². The Morgan fingerprint density at radius 1 is 1.00 bits per heavy atom. The third-order valence-corrected chi connectivity index (χ3v) is 5.98. The van der Waals surface area contributed by atoms with Crippen LogP contribution in [0.15, 0.2) is 65.4 Å². The molecule has 0 amide bonds. The molecule has 0 radical (unpaired) electrons. The Labute approximate surface area is 152 Å². The standard InChI is InChI=1S/C20H14N2OS2/c1-23-15-7-8-16-17(11-15)25-20-21-18(13-5-3-2-4-6-13)19(22(16)20)14-9-10-24-12-14/h2-12H,1H3. The number of hydrogen-bond donors (Lipinski definition) is 0. The third kappa shape index (κ3) is 2.27. The molecule has 0 aliphatic heterocycles. The fraction of sp³-hybridized carbons (Fsp3) is 0.0500. The number of thiophene rings is 1. The van der Waals surface area contributed by atoms with E-state index in [1.165, 1.54) is 10.3 Å². The summed E-state index contributed by atoms with van der Waals surface area (Å²) in [6, 6.07) is 18.8. The molecule has 0 fully saturated rings. The summed E-state index contributed by atoms with van der Waals surface area (Å²) in [7, 11) is 1.70. The van der Waals surface area contributed by atoms with Crippen LogP contribution in [-0.4, -0.2) is 16.5 Å². The maximum absolute atomic E-state index is 5.37. The molecule has 0 bridgehead atoms. The molecule has 0 atom stereocenters. The highest BCUT2D eigenvalue weighted by molar-refractivity contribution is 7.23. The first-order valence-electron chi connectivity index (χ1n) is 7.92. The van der Waals surface area contributed by atoms with Crippen LogP contribution in [0.25, 0.3) is 37.7 Å². The van der Waals surface area contributed by atoms with E-state index in [0.717, 1.165) is 33.2 Å². The van der Waals surface area contributed by atoms with Gasteiger partial charge in [-0.05, 0) is 29.6 Å². The Kier molecular flexibility index (Phi) is 3.36. The van der Waals surface area contributed by atoms with Crippen LogP contribution < -0.4 is 4.74 Å². The van der Waals surface area contributed by atoms with Gasteiger partial charge in [-0.1, -0.05) is 41.7 Å². The Hall–Kier alpha value is -2.63. The Morgan fingerprint density at radius 2 is 1.88 bits per heavy atom. The van der Waals surface area contributed by atoms with Gasteiger partial charge in [-0.2, -0.15) is 11.3 Å². The summed E-state index contributed by atoms with van der Waals surface area (Å²) in [6.45, 7) is 0. The first-order chi connectivity index (χ1) is 12.3. The normalized spacial score (nSPS) is 11.4. The van der Waals surface area contributed by atoms with Crippen LogP contribution in [0.5, 0.6) is 5.75 Å². The summed E-state index contributed by atoms with van der Waals surface area (Å²) in [5.74, 6) is 0.873. The number of imidazole rings is 1. The summed E-state index contributed by atoms with van der Waals surface area (Å²) in [5, 5.41) is 4.30. The van der Waals surface area contributed by atoms with Crippen LogP contribution in [0, 0.1) is 0 Å². The minimum Gasteiger partial charge on any atom is -0.497 e. The number of benzene rings is 2. The molecule has 122 valence electrons. The average molecular weight is 362 g/mol. The zero-order chi connectivity index (χ0) is 16.8. The molecule has 0 saturated carbocycles. The van der Waals surface area contributed by atoms with Gasteiger partial charge in [0.05, 0.1) is 28.7 Å². The fourth-order valence-electron chi connectivity index (χ4n) is 3.14. The zero-order valence-corrected chi connectivity index (χ0v) is 15.1. The number of rotatable bonds is 3. The largest absolute Gasteiger partial charge is 0.497 e. The topological polar surface area (TPSA) is 26.5 Å². The van der Waals surface area contributed by atoms with Crippen molar-refractivity contribution in [3.05, 3.63) is 65.4 Å². The molecule has 2 aromatic carbocycles. The third-order valence-electron chi connectivity index (χ3n) is 4.30. The van der Waals surface area contributed by atoms with Crippen LogP contribution in [0.4, 0.5) is 0 Å². The van der Waals surface area contributed by atoms with Crippen molar-refractivity contribution in [2.75, 3.05) is 7.11 Å². The second-order valence-electron chi connectivity index (χ2n) is 5.74. The van der Waals surface area contributed by atoms with Gasteiger partial charge in [0.25, 0.3) is 0 Å². The maximum atomic E-state index is 5.37. The van der Waals surface area contributed by atoms with Crippen molar-refractivity contribution in [2.24, 2.45) is 0 Å². The van der Waals surface area contributed by atoms with E-state index in [1.54, 1.807) is 29.8 Å². The van der Waals surface area contributed by atoms with Gasteiger partial charge in [-0.3, -0.25) is 4.40 Å². The number of fused-ring (bicyclic) bond motifs is 3. The highest BCUT2D eigenvalue weighted by atomic mass is 32.1. The summed E-state index contributed by atoms with van der Waals surface area (Å²) in [4.78, 5) is 5.98. The summed E-state index contributed by atoms with van der Waals surface area (Å²) < 4.78 is 8.82. The van der Waals surface area contributed by atoms with E-state index < -0.39 is 0 Å². The van der Waals surface area contributed by atoms with Gasteiger partial charge in [0.2, 0.25) is 0 Å². The molecule has 3 aromatic heterocycles. The van der Waals surface area contributed by atoms with Gasteiger partial charge in [0.1, 0.15) is 5.75 Å². The molecular weight excluding hydrogens is 348 g/mol. The number of thiazole rings is 1. The van der Waals surface area contributed by atoms with Crippen LogP contribution in [0.2, 0.25) is 0 Å². The quantitative estimate of drug-likeness (QED) is 0.396. The molecule has 0 N–H and O–H groups in total. The fourth-order valence-corrected chi connectivity index (χ4v) is 4.83. The van der Waals surface area contributed by atoms with E-state index in [0.29, 0.717) is 0 Å². The summed E-state index contributed by atoms with van der Waals surface area (Å²) in [5.41, 5.74) is 5.69. The maximum Gasteiger partial charge on any atom is 0.195 e. The van der Waals surface area contributed by atoms with E-state index in [9.17, 15) is 0 Å². The molecule has 3 nitrogen and oxygen atoms in total. The lowest BCUT2D eigenvalue weighted by Crippen LogP contribution is -1.88. The van der Waals surface area contributed by atoms with Crippen molar-refractivity contribution in [2.45, 2.75) is 0 Å². The molecule has 0 spiro atoms. The van der Waals surface area contributed by atoms with Crippen LogP contribution >= 0.6 is 22.7 Å². The van der Waals surface area contributed by atoms with Crippen molar-refractivity contribution < 1.29 is 4.74 Å². The summed E-state index contributed by atoms with van der Waals surface area (Å²) in [6.07, 6.45) is 0. The minimum atomic E-state index is 0.873. The lowest BCUT2D eigenvalue weighted by atomic mass is 10.1. The number of nitrogens with zero attached hydrogens (tertiary/aromatic N) is 2. The highest BCUT2D eigenvalue weighted by Crippen LogP contribution is 2.39. The Morgan fingerprint density at radius 3 is 2.64 bits per heavy atom. The molecular formula is C20H14N2OS2. The molecule has 5 heteroatoms. The number of ether oxygens (including phenoxy) is 1. The van der Waals surface area contributed by atoms with E-state index in [-0.39, 0.29) is 0 Å². The number of hydrogen-bond acceptors (Lipinski definition) is 4. The Balaban J connectivity index is 1.88. The van der Waals surface area contributed by atoms with Crippen molar-refractivity contribution in [3.8, 4) is 28.3 Å². The van der Waals surface area contributed by atoms with Gasteiger partial charge in [0.15, 0.2) is 4.96 Å². The summed E-state index contributed by atoms with van der Waals surface area (Å²) >= 11 is 3.40. The number of aromatic nitrogens is 2. The van der Waals surface area contributed by atoms with Gasteiger partial charge < -0.3 is 4.74 Å². The molecule has 5 rings (SSSR count). The van der Waals surface area contributed by atoms with Crippen molar-refractivity contribution >= 4 is 37.9 Å². The lowest BCUT2D eigenvalue weighted by Gasteiger charge is -2.04. The second-order valence-corrected chi connectivity index (χ2v) is 7.53. The van der Waals surface area contributed by atoms with E-state index in [1.807, 2.05) is 12.1 Å². The predicted octanol–water partition coefficient (Wildman–Crippen LogP) is 5.95. The molecule has 0 aliphatic rings. The average Bonchev–Trinajstić information content (AvgIpc) is 3.36. The van der Waals surface area contributed by atoms with Gasteiger partial charge in [-0.15, -0.1) is 0 Å². The second kappa shape index (κ2) is 5.72. The van der Waals surface area contributed by atoms with Crippen LogP contribution in [0.3, 0.4) is 0 Å². The monoisotopic (exact) mass is 362 g/mol. The van der Waals surface area contributed by atoms with Crippen molar-refractivity contribution in [1.29, 1.82) is 0 Å². The molecule has 5 aromatic rings. The predicted molar refractivity (Wildman–Crippen MR) is 106 cm³/mol. The van der Waals surface area contributed by atoms with Gasteiger partial charge in [-0.25, -0.2) is 4.98 Å². The van der Waals surface area contributed by atoms with Gasteiger partial charge >= 0.3 is 0 Å². The molecule has 0 unspecified atom stereocenters. The van der Waals surface area contributed by atoms with Crippen molar-refractivity contribution in [3.63, 3.8) is 0 Å². The zero-order valence-electron chi connectivity index (χ0n) is 13.5. The number of methoxy groups -OCH3 is 1. The van der Waals surface area contributed by atoms with Gasteiger partial charge in [0, 0.05) is 16.5 Å². The first kappa shape index (κ1) is 14.7. The lowest BCUT2D eigenvalue weighted by molar-refractivity contribution is 0.415.